The van der Waals surface area contributed by atoms with Gasteiger partial charge in [0.2, 0.25) is 0 Å². The van der Waals surface area contributed by atoms with Crippen molar-refractivity contribution in [3.63, 3.8) is 0 Å². The number of carbonyl (C=O) groups excluding carboxylic acids is 2. The van der Waals surface area contributed by atoms with Crippen LogP contribution in [-0.4, -0.2) is 37.9 Å². The second-order valence-corrected chi connectivity index (χ2v) is 7.28. The molecule has 0 spiro atoms. The van der Waals surface area contributed by atoms with Gasteiger partial charge in [-0.05, 0) is 31.5 Å². The molecule has 0 saturated carbocycles. The number of amides is 3. The SMILES string of the molecule is CCOc1cc(C2NC(=O)NC(C)=C2C(=O)Nc2cc(OC)c(Cl)cc2OC)ccc1O. The molecule has 0 bridgehead atoms. The molecule has 0 fully saturated rings. The predicted octanol–water partition coefficient (Wildman–Crippen LogP) is 3.73. The number of phenolic OH excluding ortho intramolecular Hbond substituents is 1. The first kappa shape index (κ1) is 23.1. The number of ether oxygens (including phenoxy) is 3. The topological polar surface area (TPSA) is 118 Å². The van der Waals surface area contributed by atoms with Crippen molar-refractivity contribution in [3.8, 4) is 23.0 Å². The average molecular weight is 462 g/mol. The Labute approximate surface area is 190 Å². The third kappa shape index (κ3) is 4.67. The van der Waals surface area contributed by atoms with Crippen LogP contribution in [0.15, 0.2) is 41.6 Å². The van der Waals surface area contributed by atoms with E-state index in [9.17, 15) is 14.7 Å². The van der Waals surface area contributed by atoms with E-state index in [2.05, 4.69) is 16.0 Å². The number of aromatic hydroxyl groups is 1. The predicted molar refractivity (Wildman–Crippen MR) is 120 cm³/mol. The number of anilines is 1. The molecule has 1 unspecified atom stereocenters. The number of benzene rings is 2. The van der Waals surface area contributed by atoms with Crippen molar-refractivity contribution in [2.24, 2.45) is 0 Å². The second-order valence-electron chi connectivity index (χ2n) is 6.87. The van der Waals surface area contributed by atoms with Gasteiger partial charge in [-0.1, -0.05) is 17.7 Å². The Balaban J connectivity index is 2.01. The van der Waals surface area contributed by atoms with Crippen LogP contribution in [0.2, 0.25) is 5.02 Å². The highest BCUT2D eigenvalue weighted by atomic mass is 35.5. The quantitative estimate of drug-likeness (QED) is 0.499. The molecule has 3 rings (SSSR count). The molecule has 170 valence electrons. The zero-order valence-electron chi connectivity index (χ0n) is 18.0. The summed E-state index contributed by atoms with van der Waals surface area (Å²) in [4.78, 5) is 25.5. The summed E-state index contributed by atoms with van der Waals surface area (Å²) < 4.78 is 16.0. The number of methoxy groups -OCH3 is 2. The van der Waals surface area contributed by atoms with Crippen molar-refractivity contribution in [1.29, 1.82) is 0 Å². The molecule has 0 radical (unpaired) electrons. The standard InChI is InChI=1S/C22H24ClN3O6/c1-5-32-18-8-12(6-7-15(18)27)20-19(11(2)24-22(29)26-20)21(28)25-14-10-16(30-3)13(23)9-17(14)31-4/h6-10,20,27H,5H2,1-4H3,(H,25,28)(H2,24,26,29). The maximum atomic E-state index is 13.3. The summed E-state index contributed by atoms with van der Waals surface area (Å²) in [7, 11) is 2.92. The minimum absolute atomic E-state index is 0.0411. The highest BCUT2D eigenvalue weighted by Gasteiger charge is 2.32. The molecule has 9 nitrogen and oxygen atoms in total. The number of phenols is 1. The molecule has 0 aliphatic carbocycles. The molecular weight excluding hydrogens is 438 g/mol. The molecule has 1 atom stereocenters. The van der Waals surface area contributed by atoms with Gasteiger partial charge < -0.3 is 35.3 Å². The van der Waals surface area contributed by atoms with E-state index in [0.717, 1.165) is 0 Å². The Morgan fingerprint density at radius 1 is 1.16 bits per heavy atom. The Bertz CT molecular complexity index is 1090. The third-order valence-corrected chi connectivity index (χ3v) is 5.15. The summed E-state index contributed by atoms with van der Waals surface area (Å²) >= 11 is 6.14. The summed E-state index contributed by atoms with van der Waals surface area (Å²) in [5.74, 6) is 0.434. The summed E-state index contributed by atoms with van der Waals surface area (Å²) in [6.45, 7) is 3.76. The Morgan fingerprint density at radius 3 is 2.53 bits per heavy atom. The van der Waals surface area contributed by atoms with Gasteiger partial charge in [0.1, 0.15) is 11.5 Å². The fourth-order valence-corrected chi connectivity index (χ4v) is 3.60. The number of halogens is 1. The monoisotopic (exact) mass is 461 g/mol. The summed E-state index contributed by atoms with van der Waals surface area (Å²) in [5.41, 5.74) is 1.55. The van der Waals surface area contributed by atoms with Crippen LogP contribution in [0.3, 0.4) is 0 Å². The number of urea groups is 1. The molecule has 4 N–H and O–H groups in total. The molecule has 0 aromatic heterocycles. The molecule has 32 heavy (non-hydrogen) atoms. The smallest absolute Gasteiger partial charge is 0.319 e. The number of nitrogens with one attached hydrogen (secondary N) is 3. The van der Waals surface area contributed by atoms with Crippen LogP contribution in [0.1, 0.15) is 25.5 Å². The Morgan fingerprint density at radius 2 is 1.88 bits per heavy atom. The lowest BCUT2D eigenvalue weighted by atomic mass is 9.94. The van der Waals surface area contributed by atoms with Crippen LogP contribution in [0.5, 0.6) is 23.0 Å². The second kappa shape index (κ2) is 9.69. The lowest BCUT2D eigenvalue weighted by Crippen LogP contribution is -2.46. The molecule has 10 heteroatoms. The largest absolute Gasteiger partial charge is 0.504 e. The zero-order chi connectivity index (χ0) is 23.4. The molecule has 1 aliphatic rings. The lowest BCUT2D eigenvalue weighted by Gasteiger charge is -2.29. The molecule has 2 aromatic carbocycles. The maximum absolute atomic E-state index is 13.3. The lowest BCUT2D eigenvalue weighted by molar-refractivity contribution is -0.113. The fraction of sp³-hybridized carbons (Fsp3) is 0.273. The number of carbonyl (C=O) groups is 2. The van der Waals surface area contributed by atoms with Crippen molar-refractivity contribution in [3.05, 3.63) is 52.2 Å². The van der Waals surface area contributed by atoms with Crippen LogP contribution in [0.4, 0.5) is 10.5 Å². The fourth-order valence-electron chi connectivity index (χ4n) is 3.37. The first-order valence-electron chi connectivity index (χ1n) is 9.75. The minimum Gasteiger partial charge on any atom is -0.504 e. The van der Waals surface area contributed by atoms with Gasteiger partial charge in [0, 0.05) is 17.8 Å². The van der Waals surface area contributed by atoms with Gasteiger partial charge >= 0.3 is 6.03 Å². The molecule has 2 aromatic rings. The number of hydrogen-bond donors (Lipinski definition) is 4. The zero-order valence-corrected chi connectivity index (χ0v) is 18.8. The summed E-state index contributed by atoms with van der Waals surface area (Å²) in [6, 6.07) is 6.48. The van der Waals surface area contributed by atoms with Gasteiger partial charge in [0.15, 0.2) is 11.5 Å². The van der Waals surface area contributed by atoms with Crippen LogP contribution in [0.25, 0.3) is 0 Å². The van der Waals surface area contributed by atoms with Crippen molar-refractivity contribution in [2.75, 3.05) is 26.1 Å². The molecule has 1 heterocycles. The van der Waals surface area contributed by atoms with E-state index < -0.39 is 18.0 Å². The average Bonchev–Trinajstić information content (AvgIpc) is 2.75. The highest BCUT2D eigenvalue weighted by Crippen LogP contribution is 2.38. The number of allylic oxidation sites excluding steroid dienone is 1. The van der Waals surface area contributed by atoms with Gasteiger partial charge in [-0.25, -0.2) is 4.79 Å². The maximum Gasteiger partial charge on any atom is 0.319 e. The first-order chi connectivity index (χ1) is 15.3. The van der Waals surface area contributed by atoms with E-state index in [4.69, 9.17) is 25.8 Å². The van der Waals surface area contributed by atoms with Crippen molar-refractivity contribution < 1.29 is 28.9 Å². The molecule has 1 aliphatic heterocycles. The molecule has 0 saturated heterocycles. The van der Waals surface area contributed by atoms with Gasteiger partial charge in [-0.3, -0.25) is 4.79 Å². The van der Waals surface area contributed by atoms with Crippen LogP contribution in [0, 0.1) is 0 Å². The summed E-state index contributed by atoms with van der Waals surface area (Å²) in [6.07, 6.45) is 0. The number of rotatable bonds is 7. The summed E-state index contributed by atoms with van der Waals surface area (Å²) in [5, 5.41) is 18.5. The third-order valence-electron chi connectivity index (χ3n) is 4.85. The van der Waals surface area contributed by atoms with E-state index in [0.29, 0.717) is 40.1 Å². The van der Waals surface area contributed by atoms with Crippen LogP contribution in [-0.2, 0) is 4.79 Å². The Kier molecular flexibility index (Phi) is 6.99. The Hall–Kier alpha value is -3.59. The number of hydrogen-bond acceptors (Lipinski definition) is 6. The van der Waals surface area contributed by atoms with Gasteiger partial charge in [0.25, 0.3) is 5.91 Å². The minimum atomic E-state index is -0.788. The van der Waals surface area contributed by atoms with Gasteiger partial charge in [-0.15, -0.1) is 0 Å². The van der Waals surface area contributed by atoms with Crippen molar-refractivity contribution in [1.82, 2.24) is 10.6 Å². The van der Waals surface area contributed by atoms with Crippen molar-refractivity contribution >= 4 is 29.2 Å². The van der Waals surface area contributed by atoms with E-state index in [1.807, 2.05) is 0 Å². The highest BCUT2D eigenvalue weighted by molar-refractivity contribution is 6.32. The normalized spacial score (nSPS) is 15.5. The molecule has 3 amide bonds. The molecular formula is C22H24ClN3O6. The van der Waals surface area contributed by atoms with E-state index in [-0.39, 0.29) is 17.1 Å². The van der Waals surface area contributed by atoms with Crippen molar-refractivity contribution in [2.45, 2.75) is 19.9 Å². The van der Waals surface area contributed by atoms with E-state index in [1.54, 1.807) is 32.0 Å². The first-order valence-corrected chi connectivity index (χ1v) is 10.1. The van der Waals surface area contributed by atoms with E-state index >= 15 is 0 Å². The van der Waals surface area contributed by atoms with E-state index in [1.165, 1.54) is 26.4 Å². The van der Waals surface area contributed by atoms with Gasteiger partial charge in [0.05, 0.1) is 43.2 Å². The van der Waals surface area contributed by atoms with Crippen LogP contribution < -0.4 is 30.2 Å². The van der Waals surface area contributed by atoms with Crippen LogP contribution >= 0.6 is 11.6 Å². The van der Waals surface area contributed by atoms with Gasteiger partial charge in [-0.2, -0.15) is 0 Å².